The van der Waals surface area contributed by atoms with Crippen molar-refractivity contribution in [3.8, 4) is 11.4 Å². The summed E-state index contributed by atoms with van der Waals surface area (Å²) in [5.74, 6) is 1.71. The zero-order chi connectivity index (χ0) is 19.5. The predicted octanol–water partition coefficient (Wildman–Crippen LogP) is 0.868. The lowest BCUT2D eigenvalue weighted by molar-refractivity contribution is -0.135. The van der Waals surface area contributed by atoms with Gasteiger partial charge in [0, 0.05) is 57.3 Å². The van der Waals surface area contributed by atoms with Crippen LogP contribution in [-0.2, 0) is 22.5 Å². The molecule has 8 nitrogen and oxygen atoms in total. The van der Waals surface area contributed by atoms with Crippen LogP contribution in [0.4, 0.5) is 5.82 Å². The minimum absolute atomic E-state index is 0.0437. The zero-order valence-corrected chi connectivity index (χ0v) is 16.4. The molecule has 4 rings (SSSR count). The maximum atomic E-state index is 12.8. The summed E-state index contributed by atoms with van der Waals surface area (Å²) in [6.45, 7) is 3.44. The van der Waals surface area contributed by atoms with Crippen LogP contribution in [0.3, 0.4) is 0 Å². The van der Waals surface area contributed by atoms with E-state index in [0.29, 0.717) is 31.9 Å². The van der Waals surface area contributed by atoms with E-state index in [1.54, 1.807) is 12.4 Å². The zero-order valence-electron chi connectivity index (χ0n) is 16.4. The van der Waals surface area contributed by atoms with E-state index in [0.717, 1.165) is 42.1 Å². The number of fused-ring (bicyclic) bond motifs is 1. The largest absolute Gasteiger partial charge is 0.375 e. The molecule has 2 aliphatic rings. The van der Waals surface area contributed by atoms with Crippen molar-refractivity contribution in [2.45, 2.75) is 25.5 Å². The summed E-state index contributed by atoms with van der Waals surface area (Å²) in [6.07, 6.45) is 4.60. The van der Waals surface area contributed by atoms with Crippen molar-refractivity contribution in [2.24, 2.45) is 0 Å². The van der Waals surface area contributed by atoms with E-state index in [2.05, 4.69) is 10.3 Å². The molecule has 8 heteroatoms. The number of hydrogen-bond donors (Lipinski definition) is 1. The monoisotopic (exact) mass is 382 g/mol. The lowest BCUT2D eigenvalue weighted by Gasteiger charge is -2.32. The summed E-state index contributed by atoms with van der Waals surface area (Å²) in [6, 6.07) is 3.81. The first-order chi connectivity index (χ1) is 13.6. The third-order valence-corrected chi connectivity index (χ3v) is 5.16. The Hall–Kier alpha value is -2.58. The molecule has 1 N–H and O–H groups in total. The van der Waals surface area contributed by atoms with Gasteiger partial charge in [-0.25, -0.2) is 9.97 Å². The lowest BCUT2D eigenvalue weighted by atomic mass is 10.0. The third kappa shape index (κ3) is 3.98. The van der Waals surface area contributed by atoms with E-state index >= 15 is 0 Å². The lowest BCUT2D eigenvalue weighted by Crippen LogP contribution is -2.44. The number of nitrogens with zero attached hydrogens (tertiary/aromatic N) is 5. The van der Waals surface area contributed by atoms with Gasteiger partial charge in [0.15, 0.2) is 5.82 Å². The van der Waals surface area contributed by atoms with Crippen LogP contribution in [0.1, 0.15) is 17.7 Å². The molecule has 0 bridgehead atoms. The van der Waals surface area contributed by atoms with E-state index in [1.165, 1.54) is 0 Å². The number of ether oxygens (including phenoxy) is 1. The predicted molar refractivity (Wildman–Crippen MR) is 106 cm³/mol. The Morgan fingerprint density at radius 1 is 1.32 bits per heavy atom. The first-order valence-corrected chi connectivity index (χ1v) is 9.69. The molecule has 28 heavy (non-hydrogen) atoms. The Morgan fingerprint density at radius 3 is 2.86 bits per heavy atom. The molecule has 1 saturated heterocycles. The minimum atomic E-state index is -0.0437. The average molecular weight is 382 g/mol. The molecule has 0 radical (unpaired) electrons. The fourth-order valence-corrected chi connectivity index (χ4v) is 3.70. The first-order valence-electron chi connectivity index (χ1n) is 9.69. The summed E-state index contributed by atoms with van der Waals surface area (Å²) >= 11 is 0. The Balaban J connectivity index is 1.58. The summed E-state index contributed by atoms with van der Waals surface area (Å²) in [7, 11) is 3.98. The molecule has 0 saturated carbocycles. The van der Waals surface area contributed by atoms with E-state index in [-0.39, 0.29) is 12.0 Å². The minimum Gasteiger partial charge on any atom is -0.375 e. The second-order valence-corrected chi connectivity index (χ2v) is 7.39. The van der Waals surface area contributed by atoms with E-state index in [1.807, 2.05) is 36.0 Å². The van der Waals surface area contributed by atoms with Crippen molar-refractivity contribution in [1.29, 1.82) is 0 Å². The van der Waals surface area contributed by atoms with Crippen molar-refractivity contribution in [1.82, 2.24) is 25.2 Å². The van der Waals surface area contributed by atoms with Crippen LogP contribution >= 0.6 is 0 Å². The van der Waals surface area contributed by atoms with Gasteiger partial charge in [-0.15, -0.1) is 0 Å². The molecule has 1 atom stereocenters. The Bertz CT molecular complexity index is 836. The average Bonchev–Trinajstić information content (AvgIpc) is 2.73. The molecule has 2 aromatic rings. The van der Waals surface area contributed by atoms with Crippen LogP contribution in [-0.4, -0.2) is 72.2 Å². The van der Waals surface area contributed by atoms with Crippen LogP contribution < -0.4 is 10.2 Å². The van der Waals surface area contributed by atoms with Gasteiger partial charge < -0.3 is 19.9 Å². The quantitative estimate of drug-likeness (QED) is 0.840. The molecule has 4 heterocycles. The van der Waals surface area contributed by atoms with Gasteiger partial charge in [0.05, 0.1) is 31.4 Å². The maximum Gasteiger partial charge on any atom is 0.225 e. The highest BCUT2D eigenvalue weighted by Crippen LogP contribution is 2.28. The second kappa shape index (κ2) is 8.20. The van der Waals surface area contributed by atoms with Crippen LogP contribution in [0.2, 0.25) is 0 Å². The number of amides is 1. The normalized spacial score (nSPS) is 19.2. The number of hydrogen-bond acceptors (Lipinski definition) is 7. The fourth-order valence-electron chi connectivity index (χ4n) is 3.70. The van der Waals surface area contributed by atoms with Gasteiger partial charge >= 0.3 is 0 Å². The van der Waals surface area contributed by atoms with Gasteiger partial charge in [0.1, 0.15) is 5.82 Å². The smallest absolute Gasteiger partial charge is 0.225 e. The standard InChI is InChI=1S/C20H26N6O2/c1-25(2)20-16-5-9-26(18(27)11-15-12-22-8-10-28-15)13-17(16)23-19(24-20)14-3-6-21-7-4-14/h3-4,6-7,15,22H,5,8-13H2,1-2H3/t15-/m0/s1. The van der Waals surface area contributed by atoms with E-state index in [4.69, 9.17) is 14.7 Å². The van der Waals surface area contributed by atoms with Crippen molar-refractivity contribution in [3.63, 3.8) is 0 Å². The van der Waals surface area contributed by atoms with Crippen LogP contribution in [0.25, 0.3) is 11.4 Å². The molecule has 1 fully saturated rings. The molecule has 2 aliphatic heterocycles. The summed E-state index contributed by atoms with van der Waals surface area (Å²) < 4.78 is 5.69. The molecule has 0 unspecified atom stereocenters. The summed E-state index contributed by atoms with van der Waals surface area (Å²) in [5, 5.41) is 3.28. The number of nitrogens with one attached hydrogen (secondary N) is 1. The number of aromatic nitrogens is 3. The number of pyridine rings is 1. The second-order valence-electron chi connectivity index (χ2n) is 7.39. The molecular formula is C20H26N6O2. The van der Waals surface area contributed by atoms with Crippen LogP contribution in [0.5, 0.6) is 0 Å². The van der Waals surface area contributed by atoms with Gasteiger partial charge in [-0.2, -0.15) is 0 Å². The maximum absolute atomic E-state index is 12.8. The summed E-state index contributed by atoms with van der Waals surface area (Å²) in [5.41, 5.74) is 2.97. The Morgan fingerprint density at radius 2 is 2.14 bits per heavy atom. The highest BCUT2D eigenvalue weighted by Gasteiger charge is 2.28. The SMILES string of the molecule is CN(C)c1nc(-c2ccncc2)nc2c1CCN(C(=O)C[C@H]1CNCCO1)C2. The van der Waals surface area contributed by atoms with Gasteiger partial charge in [-0.05, 0) is 18.6 Å². The topological polar surface area (TPSA) is 83.5 Å². The van der Waals surface area contributed by atoms with Crippen molar-refractivity contribution < 1.29 is 9.53 Å². The van der Waals surface area contributed by atoms with Gasteiger partial charge in [-0.1, -0.05) is 0 Å². The molecule has 1 amide bonds. The number of anilines is 1. The van der Waals surface area contributed by atoms with Crippen molar-refractivity contribution in [3.05, 3.63) is 35.8 Å². The van der Waals surface area contributed by atoms with E-state index in [9.17, 15) is 4.79 Å². The van der Waals surface area contributed by atoms with Gasteiger partial charge in [0.2, 0.25) is 5.91 Å². The number of rotatable bonds is 4. The Labute approximate surface area is 164 Å². The molecule has 0 spiro atoms. The Kier molecular flexibility index (Phi) is 5.50. The third-order valence-electron chi connectivity index (χ3n) is 5.16. The van der Waals surface area contributed by atoms with Crippen molar-refractivity contribution in [2.75, 3.05) is 45.2 Å². The van der Waals surface area contributed by atoms with Crippen LogP contribution in [0.15, 0.2) is 24.5 Å². The number of carbonyl (C=O) groups excluding carboxylic acids is 1. The van der Waals surface area contributed by atoms with E-state index < -0.39 is 0 Å². The summed E-state index contributed by atoms with van der Waals surface area (Å²) in [4.78, 5) is 30.4. The molecule has 0 aromatic carbocycles. The fraction of sp³-hybridized carbons (Fsp3) is 0.500. The first kappa shape index (κ1) is 18.8. The molecular weight excluding hydrogens is 356 g/mol. The molecule has 0 aliphatic carbocycles. The van der Waals surface area contributed by atoms with Gasteiger partial charge in [0.25, 0.3) is 0 Å². The highest BCUT2D eigenvalue weighted by molar-refractivity contribution is 5.77. The highest BCUT2D eigenvalue weighted by atomic mass is 16.5. The number of morpholine rings is 1. The van der Waals surface area contributed by atoms with Crippen LogP contribution in [0, 0.1) is 0 Å². The molecule has 148 valence electrons. The molecule has 2 aromatic heterocycles. The van der Waals surface area contributed by atoms with Crippen molar-refractivity contribution >= 4 is 11.7 Å². The van der Waals surface area contributed by atoms with Gasteiger partial charge in [-0.3, -0.25) is 9.78 Å². The number of carbonyl (C=O) groups is 1.